The Labute approximate surface area is 282 Å². The first-order valence-electron chi connectivity index (χ1n) is 16.2. The van der Waals surface area contributed by atoms with Gasteiger partial charge in [-0.3, -0.25) is 0 Å². The highest BCUT2D eigenvalue weighted by Gasteiger charge is 2.20. The Hall–Kier alpha value is -6.37. The van der Waals surface area contributed by atoms with Crippen LogP contribution in [0.5, 0.6) is 0 Å². The highest BCUT2D eigenvalue weighted by molar-refractivity contribution is 7.21. The largest absolute Gasteiger partial charge is 0.456 e. The molecule has 0 N–H and O–H groups in total. The van der Waals surface area contributed by atoms with Gasteiger partial charge in [0.2, 0.25) is 0 Å². The minimum absolute atomic E-state index is 0.800. The molecule has 5 nitrogen and oxygen atoms in total. The van der Waals surface area contributed by atoms with E-state index in [1.54, 1.807) is 11.3 Å². The number of benzene rings is 7. The first kappa shape index (κ1) is 26.7. The molecule has 0 aliphatic carbocycles. The average molecular weight is 649 g/mol. The smallest absolute Gasteiger partial charge is 0.137 e. The molecule has 0 amide bonds. The van der Waals surface area contributed by atoms with Crippen molar-refractivity contribution in [1.82, 2.24) is 4.98 Å². The quantitative estimate of drug-likeness (QED) is 0.190. The molecule has 0 spiro atoms. The Kier molecular flexibility index (Phi) is 5.48. The van der Waals surface area contributed by atoms with Crippen LogP contribution in [0.1, 0.15) is 0 Å². The maximum atomic E-state index is 6.56. The molecule has 0 atom stereocenters. The molecule has 0 bridgehead atoms. The van der Waals surface area contributed by atoms with Gasteiger partial charge in [-0.2, -0.15) is 0 Å². The van der Waals surface area contributed by atoms with E-state index in [0.717, 1.165) is 104 Å². The second-order valence-electron chi connectivity index (χ2n) is 12.3. The van der Waals surface area contributed by atoms with E-state index in [1.807, 2.05) is 42.5 Å². The van der Waals surface area contributed by atoms with Crippen LogP contribution in [0.3, 0.4) is 0 Å². The van der Waals surface area contributed by atoms with Crippen molar-refractivity contribution in [1.29, 1.82) is 0 Å². The van der Waals surface area contributed by atoms with Crippen molar-refractivity contribution in [2.24, 2.45) is 0 Å². The number of furan rings is 3. The van der Waals surface area contributed by atoms with Gasteiger partial charge >= 0.3 is 0 Å². The minimum atomic E-state index is 0.800. The molecule has 4 aromatic heterocycles. The summed E-state index contributed by atoms with van der Waals surface area (Å²) in [7, 11) is 0. The van der Waals surface area contributed by atoms with E-state index in [4.69, 9.17) is 18.2 Å². The molecule has 0 radical (unpaired) electrons. The summed E-state index contributed by atoms with van der Waals surface area (Å²) in [6.45, 7) is 0. The zero-order valence-electron chi connectivity index (χ0n) is 25.9. The Morgan fingerprint density at radius 1 is 0.429 bits per heavy atom. The lowest BCUT2D eigenvalue weighted by atomic mass is 10.1. The maximum absolute atomic E-state index is 6.56. The summed E-state index contributed by atoms with van der Waals surface area (Å²) in [5, 5.41) is 7.45. The summed E-state index contributed by atoms with van der Waals surface area (Å²) < 4.78 is 20.4. The standard InChI is InChI=1S/C43H24N2O3S/c1-2-8-25(9-3-1)43-44-42-40(49-43)21-20-36-41(42)33-19-16-28(24-39(33)48-36)45(26-14-17-31-29-10-4-6-12-34(29)46-37(31)22-26)27-15-18-32-30-11-5-7-13-35(30)47-38(32)23-27/h1-24H. The number of hydrogen-bond donors (Lipinski definition) is 0. The van der Waals surface area contributed by atoms with Crippen LogP contribution in [0.4, 0.5) is 17.1 Å². The molecule has 0 saturated carbocycles. The van der Waals surface area contributed by atoms with Gasteiger partial charge in [-0.15, -0.1) is 11.3 Å². The fourth-order valence-electron chi connectivity index (χ4n) is 7.24. The number of para-hydroxylation sites is 2. The monoisotopic (exact) mass is 648 g/mol. The van der Waals surface area contributed by atoms with Crippen molar-refractivity contribution in [3.05, 3.63) is 146 Å². The third kappa shape index (κ3) is 4.01. The molecule has 7 aromatic carbocycles. The zero-order chi connectivity index (χ0) is 32.1. The first-order valence-corrected chi connectivity index (χ1v) is 17.0. The highest BCUT2D eigenvalue weighted by Crippen LogP contribution is 2.44. The normalized spacial score (nSPS) is 12.1. The Balaban J connectivity index is 1.11. The Bertz CT molecular complexity index is 2960. The molecule has 0 fully saturated rings. The van der Waals surface area contributed by atoms with Gasteiger partial charge in [-0.05, 0) is 60.7 Å². The lowest BCUT2D eigenvalue weighted by Gasteiger charge is -2.25. The van der Waals surface area contributed by atoms with Crippen LogP contribution in [0.15, 0.2) is 159 Å². The van der Waals surface area contributed by atoms with Crippen molar-refractivity contribution in [3.8, 4) is 10.6 Å². The molecule has 230 valence electrons. The second kappa shape index (κ2) is 10.1. The first-order chi connectivity index (χ1) is 24.2. The average Bonchev–Trinajstić information content (AvgIpc) is 3.92. The van der Waals surface area contributed by atoms with Gasteiger partial charge in [-0.1, -0.05) is 66.7 Å². The molecule has 0 saturated heterocycles. The van der Waals surface area contributed by atoms with Crippen molar-refractivity contribution >= 4 is 104 Å². The van der Waals surface area contributed by atoms with Crippen LogP contribution < -0.4 is 4.90 Å². The summed E-state index contributed by atoms with van der Waals surface area (Å²) in [5.74, 6) is 0. The number of aromatic nitrogens is 1. The summed E-state index contributed by atoms with van der Waals surface area (Å²) in [6, 6.07) is 50.1. The van der Waals surface area contributed by atoms with Gasteiger partial charge in [0, 0.05) is 67.8 Å². The van der Waals surface area contributed by atoms with E-state index in [1.165, 1.54) is 0 Å². The molecular formula is C43H24N2O3S. The van der Waals surface area contributed by atoms with Crippen molar-refractivity contribution in [2.75, 3.05) is 4.90 Å². The van der Waals surface area contributed by atoms with Gasteiger partial charge < -0.3 is 18.2 Å². The van der Waals surface area contributed by atoms with Crippen LogP contribution in [0.25, 0.3) is 86.6 Å². The van der Waals surface area contributed by atoms with E-state index in [9.17, 15) is 0 Å². The van der Waals surface area contributed by atoms with Gasteiger partial charge in [0.1, 0.15) is 38.5 Å². The number of nitrogens with zero attached hydrogens (tertiary/aromatic N) is 2. The third-order valence-corrected chi connectivity index (χ3v) is 10.6. The number of hydrogen-bond acceptors (Lipinski definition) is 6. The zero-order valence-corrected chi connectivity index (χ0v) is 26.7. The maximum Gasteiger partial charge on any atom is 0.137 e. The fraction of sp³-hybridized carbons (Fsp3) is 0. The molecule has 0 aliphatic rings. The van der Waals surface area contributed by atoms with Crippen LogP contribution in [0, 0.1) is 0 Å². The Morgan fingerprint density at radius 3 is 1.57 bits per heavy atom. The molecular weight excluding hydrogens is 625 g/mol. The summed E-state index contributed by atoms with van der Waals surface area (Å²) in [4.78, 5) is 7.34. The molecule has 0 unspecified atom stereocenters. The van der Waals surface area contributed by atoms with Crippen molar-refractivity contribution < 1.29 is 13.3 Å². The summed E-state index contributed by atoms with van der Waals surface area (Å²) >= 11 is 1.71. The number of thiazole rings is 1. The molecule has 6 heteroatoms. The van der Waals surface area contributed by atoms with E-state index in [0.29, 0.717) is 0 Å². The topological polar surface area (TPSA) is 55.6 Å². The molecule has 0 aliphatic heterocycles. The van der Waals surface area contributed by atoms with E-state index in [-0.39, 0.29) is 0 Å². The predicted octanol–water partition coefficient (Wildman–Crippen LogP) is 13.1. The lowest BCUT2D eigenvalue weighted by Crippen LogP contribution is -2.09. The predicted molar refractivity (Wildman–Crippen MR) is 202 cm³/mol. The van der Waals surface area contributed by atoms with Gasteiger partial charge in [0.25, 0.3) is 0 Å². The Morgan fingerprint density at radius 2 is 0.939 bits per heavy atom. The molecule has 4 heterocycles. The van der Waals surface area contributed by atoms with Crippen LogP contribution in [-0.4, -0.2) is 4.98 Å². The van der Waals surface area contributed by atoms with Crippen molar-refractivity contribution in [3.63, 3.8) is 0 Å². The van der Waals surface area contributed by atoms with Gasteiger partial charge in [0.15, 0.2) is 0 Å². The molecule has 11 rings (SSSR count). The van der Waals surface area contributed by atoms with Crippen LogP contribution in [-0.2, 0) is 0 Å². The van der Waals surface area contributed by atoms with Crippen LogP contribution >= 0.6 is 11.3 Å². The molecule has 11 aromatic rings. The van der Waals surface area contributed by atoms with Gasteiger partial charge in [-0.25, -0.2) is 4.98 Å². The van der Waals surface area contributed by atoms with Crippen LogP contribution in [0.2, 0.25) is 0 Å². The van der Waals surface area contributed by atoms with Crippen molar-refractivity contribution in [2.45, 2.75) is 0 Å². The minimum Gasteiger partial charge on any atom is -0.456 e. The van der Waals surface area contributed by atoms with E-state index in [2.05, 4.69) is 108 Å². The number of rotatable bonds is 4. The SMILES string of the molecule is c1ccc(-c2nc3c(ccc4oc5cc(N(c6ccc7c(c6)oc6ccccc67)c6ccc7c(c6)oc6ccccc67)ccc5c43)s2)cc1. The summed E-state index contributed by atoms with van der Waals surface area (Å²) in [6.07, 6.45) is 0. The summed E-state index contributed by atoms with van der Waals surface area (Å²) in [5.41, 5.74) is 10.0. The fourth-order valence-corrected chi connectivity index (χ4v) is 8.22. The third-order valence-electron chi connectivity index (χ3n) is 9.50. The lowest BCUT2D eigenvalue weighted by molar-refractivity contribution is 0.669. The second-order valence-corrected chi connectivity index (χ2v) is 13.4. The number of anilines is 3. The highest BCUT2D eigenvalue weighted by atomic mass is 32.1. The van der Waals surface area contributed by atoms with E-state index >= 15 is 0 Å². The molecule has 49 heavy (non-hydrogen) atoms. The van der Waals surface area contributed by atoms with E-state index < -0.39 is 0 Å². The number of fused-ring (bicyclic) bond motifs is 11. The van der Waals surface area contributed by atoms with Gasteiger partial charge in [0.05, 0.1) is 15.6 Å².